The van der Waals surface area contributed by atoms with Gasteiger partial charge in [-0.05, 0) is 70.5 Å². The van der Waals surface area contributed by atoms with Crippen molar-refractivity contribution in [3.8, 4) is 5.75 Å². The monoisotopic (exact) mass is 512 g/mol. The maximum atomic E-state index is 14.0. The number of rotatable bonds is 6. The Kier molecular flexibility index (Phi) is 10.9. The molecule has 2 heterocycles. The van der Waals surface area contributed by atoms with Crippen LogP contribution in [0.4, 0.5) is 5.69 Å². The first-order valence-electron chi connectivity index (χ1n) is 13.0. The van der Waals surface area contributed by atoms with Crippen LogP contribution in [-0.2, 0) is 4.74 Å². The molecule has 37 heavy (non-hydrogen) atoms. The van der Waals surface area contributed by atoms with Gasteiger partial charge in [0.2, 0.25) is 0 Å². The van der Waals surface area contributed by atoms with Crippen LogP contribution in [0.5, 0.6) is 5.75 Å². The molecule has 0 saturated carbocycles. The highest BCUT2D eigenvalue weighted by Crippen LogP contribution is 2.28. The van der Waals surface area contributed by atoms with Gasteiger partial charge in [-0.15, -0.1) is 0 Å². The lowest BCUT2D eigenvalue weighted by Gasteiger charge is -2.34. The minimum absolute atomic E-state index is 0.0196. The number of pyridine rings is 1. The highest BCUT2D eigenvalue weighted by Gasteiger charge is 2.29. The number of anilines is 1. The number of nitrogens with zero attached hydrogens (tertiary/aromatic N) is 2. The van der Waals surface area contributed by atoms with E-state index in [0.717, 1.165) is 19.3 Å². The van der Waals surface area contributed by atoms with Crippen molar-refractivity contribution in [2.24, 2.45) is 5.92 Å². The lowest BCUT2D eigenvalue weighted by molar-refractivity contribution is -0.000452. The van der Waals surface area contributed by atoms with Gasteiger partial charge in [0.25, 0.3) is 11.8 Å². The first-order valence-corrected chi connectivity index (χ1v) is 13.0. The number of hydrogen-bond acceptors (Lipinski definition) is 7. The molecule has 2 aromatic rings. The zero-order valence-electron chi connectivity index (χ0n) is 22.3. The summed E-state index contributed by atoms with van der Waals surface area (Å²) in [6.45, 7) is 7.39. The van der Waals surface area contributed by atoms with Crippen molar-refractivity contribution in [2.45, 2.75) is 58.3 Å². The van der Waals surface area contributed by atoms with E-state index < -0.39 is 6.04 Å². The summed E-state index contributed by atoms with van der Waals surface area (Å²) < 4.78 is 12.4. The summed E-state index contributed by atoms with van der Waals surface area (Å²) >= 11 is 0. The van der Waals surface area contributed by atoms with Gasteiger partial charge in [0.15, 0.2) is 0 Å². The lowest BCUT2D eigenvalue weighted by atomic mass is 10.0. The fourth-order valence-electron chi connectivity index (χ4n) is 4.40. The molecule has 1 aromatic carbocycles. The summed E-state index contributed by atoms with van der Waals surface area (Å²) in [5, 5.41) is 16.0. The van der Waals surface area contributed by atoms with E-state index in [1.54, 1.807) is 47.6 Å². The SMILES string of the molecule is CNC[C@H]1OCCCC[C@@H](C)Oc2ccc(NC(=O)c3ccncc3)cc2C(=O)N([C@@H](C)CO)C[C@H]1C. The van der Waals surface area contributed by atoms with Crippen LogP contribution in [0.3, 0.4) is 0 Å². The smallest absolute Gasteiger partial charge is 0.258 e. The Morgan fingerprint density at radius 2 is 1.97 bits per heavy atom. The lowest BCUT2D eigenvalue weighted by Crippen LogP contribution is -2.47. The van der Waals surface area contributed by atoms with Gasteiger partial charge >= 0.3 is 0 Å². The van der Waals surface area contributed by atoms with Crippen LogP contribution in [0.15, 0.2) is 42.7 Å². The number of benzene rings is 1. The summed E-state index contributed by atoms with van der Waals surface area (Å²) in [5.74, 6) is -0.0874. The number of carbonyl (C=O) groups is 2. The molecule has 0 saturated heterocycles. The van der Waals surface area contributed by atoms with Crippen LogP contribution in [0.25, 0.3) is 0 Å². The minimum atomic E-state index is -0.418. The Morgan fingerprint density at radius 3 is 2.68 bits per heavy atom. The van der Waals surface area contributed by atoms with E-state index in [1.165, 1.54) is 0 Å². The zero-order valence-corrected chi connectivity index (χ0v) is 22.3. The fourth-order valence-corrected chi connectivity index (χ4v) is 4.40. The minimum Gasteiger partial charge on any atom is -0.490 e. The number of aliphatic hydroxyl groups excluding tert-OH is 1. The molecule has 0 spiro atoms. The summed E-state index contributed by atoms with van der Waals surface area (Å²) in [5.41, 5.74) is 1.29. The van der Waals surface area contributed by atoms with Crippen LogP contribution < -0.4 is 15.4 Å². The number of nitrogens with one attached hydrogen (secondary N) is 2. The van der Waals surface area contributed by atoms with E-state index in [-0.39, 0.29) is 36.5 Å². The second-order valence-corrected chi connectivity index (χ2v) is 9.76. The third-order valence-corrected chi connectivity index (χ3v) is 6.66. The van der Waals surface area contributed by atoms with Crippen LogP contribution in [-0.4, -0.2) is 78.4 Å². The normalized spacial score (nSPS) is 22.4. The number of aliphatic hydroxyl groups is 1. The largest absolute Gasteiger partial charge is 0.490 e. The van der Waals surface area contributed by atoms with Crippen molar-refractivity contribution in [2.75, 3.05) is 38.7 Å². The van der Waals surface area contributed by atoms with Gasteiger partial charge in [-0.1, -0.05) is 6.92 Å². The number of carbonyl (C=O) groups excluding carboxylic acids is 2. The van der Waals surface area contributed by atoms with Gasteiger partial charge in [0.1, 0.15) is 5.75 Å². The second-order valence-electron chi connectivity index (χ2n) is 9.76. The number of likely N-dealkylation sites (N-methyl/N-ethyl adjacent to an activating group) is 1. The molecule has 3 rings (SSSR count). The van der Waals surface area contributed by atoms with Crippen LogP contribution >= 0.6 is 0 Å². The number of hydrogen-bond donors (Lipinski definition) is 3. The van der Waals surface area contributed by atoms with Gasteiger partial charge < -0.3 is 30.1 Å². The van der Waals surface area contributed by atoms with Gasteiger partial charge in [0.05, 0.1) is 30.4 Å². The molecule has 3 N–H and O–H groups in total. The Hall–Kier alpha value is -3.01. The predicted molar refractivity (Wildman–Crippen MR) is 143 cm³/mol. The van der Waals surface area contributed by atoms with Crippen molar-refractivity contribution >= 4 is 17.5 Å². The molecule has 9 nitrogen and oxygen atoms in total. The molecule has 2 amide bonds. The molecule has 9 heteroatoms. The van der Waals surface area contributed by atoms with Crippen LogP contribution in [0.2, 0.25) is 0 Å². The number of ether oxygens (including phenoxy) is 2. The van der Waals surface area contributed by atoms with Gasteiger partial charge in [0, 0.05) is 49.3 Å². The average molecular weight is 513 g/mol. The maximum Gasteiger partial charge on any atom is 0.258 e. The molecule has 1 aromatic heterocycles. The van der Waals surface area contributed by atoms with E-state index in [4.69, 9.17) is 9.47 Å². The average Bonchev–Trinajstić information content (AvgIpc) is 2.90. The topological polar surface area (TPSA) is 113 Å². The van der Waals surface area contributed by atoms with Crippen molar-refractivity contribution in [1.82, 2.24) is 15.2 Å². The molecular weight excluding hydrogens is 472 g/mol. The molecule has 0 aliphatic carbocycles. The second kappa shape index (κ2) is 14.1. The molecule has 0 radical (unpaired) electrons. The Labute approximate surface area is 219 Å². The van der Waals surface area contributed by atoms with Crippen LogP contribution in [0.1, 0.15) is 60.7 Å². The first-order chi connectivity index (χ1) is 17.8. The summed E-state index contributed by atoms with van der Waals surface area (Å²) in [7, 11) is 1.89. The van der Waals surface area contributed by atoms with Gasteiger partial charge in [-0.3, -0.25) is 14.6 Å². The molecule has 0 unspecified atom stereocenters. The predicted octanol–water partition coefficient (Wildman–Crippen LogP) is 3.35. The van der Waals surface area contributed by atoms with Crippen molar-refractivity contribution in [3.05, 3.63) is 53.9 Å². The number of fused-ring (bicyclic) bond motifs is 1. The van der Waals surface area contributed by atoms with Crippen LogP contribution in [0, 0.1) is 5.92 Å². The number of amides is 2. The molecule has 202 valence electrons. The van der Waals surface area contributed by atoms with Gasteiger partial charge in [-0.2, -0.15) is 0 Å². The standard InChI is InChI=1S/C28H40N4O5/c1-19-17-32(20(2)18-33)28(35)24-15-23(31-27(34)22-10-12-30-13-11-22)8-9-25(24)37-21(3)7-5-6-14-36-26(19)16-29-4/h8-13,15,19-21,26,29,33H,5-7,14,16-18H2,1-4H3,(H,31,34)/t19-,20+,21-,26-/m1/s1. The number of aromatic nitrogens is 1. The van der Waals surface area contributed by atoms with E-state index in [2.05, 4.69) is 22.5 Å². The van der Waals surface area contributed by atoms with Crippen molar-refractivity contribution < 1.29 is 24.2 Å². The molecular formula is C28H40N4O5. The van der Waals surface area contributed by atoms with E-state index >= 15 is 0 Å². The van der Waals surface area contributed by atoms with E-state index in [0.29, 0.717) is 42.3 Å². The molecule has 0 bridgehead atoms. The third-order valence-electron chi connectivity index (χ3n) is 6.66. The van der Waals surface area contributed by atoms with Crippen molar-refractivity contribution in [1.29, 1.82) is 0 Å². The molecule has 1 aliphatic rings. The Bertz CT molecular complexity index is 1020. The molecule has 4 atom stereocenters. The van der Waals surface area contributed by atoms with E-state index in [9.17, 15) is 14.7 Å². The third kappa shape index (κ3) is 7.99. The highest BCUT2D eigenvalue weighted by molar-refractivity contribution is 6.05. The van der Waals surface area contributed by atoms with Gasteiger partial charge in [-0.25, -0.2) is 0 Å². The Balaban J connectivity index is 1.97. The molecule has 0 fully saturated rings. The quantitative estimate of drug-likeness (QED) is 0.544. The Morgan fingerprint density at radius 1 is 1.22 bits per heavy atom. The fraction of sp³-hybridized carbons (Fsp3) is 0.536. The first kappa shape index (κ1) is 28.6. The highest BCUT2D eigenvalue weighted by atomic mass is 16.5. The maximum absolute atomic E-state index is 14.0. The van der Waals surface area contributed by atoms with E-state index in [1.807, 2.05) is 20.9 Å². The summed E-state index contributed by atoms with van der Waals surface area (Å²) in [6.07, 6.45) is 5.60. The summed E-state index contributed by atoms with van der Waals surface area (Å²) in [4.78, 5) is 32.3. The molecule has 1 aliphatic heterocycles. The van der Waals surface area contributed by atoms with Crippen molar-refractivity contribution in [3.63, 3.8) is 0 Å². The summed E-state index contributed by atoms with van der Waals surface area (Å²) in [6, 6.07) is 7.95. The zero-order chi connectivity index (χ0) is 26.8.